The van der Waals surface area contributed by atoms with Crippen molar-refractivity contribution in [3.8, 4) is 0 Å². The Morgan fingerprint density at radius 3 is 2.79 bits per heavy atom. The highest BCUT2D eigenvalue weighted by atomic mass is 16.5. The van der Waals surface area contributed by atoms with E-state index in [4.69, 9.17) is 4.74 Å². The van der Waals surface area contributed by atoms with E-state index in [2.05, 4.69) is 5.10 Å². The lowest BCUT2D eigenvalue weighted by atomic mass is 10.3. The van der Waals surface area contributed by atoms with Gasteiger partial charge in [0.1, 0.15) is 5.69 Å². The summed E-state index contributed by atoms with van der Waals surface area (Å²) in [5, 5.41) is 4.24. The van der Waals surface area contributed by atoms with Gasteiger partial charge in [0.05, 0.1) is 19.3 Å². The molecule has 0 aromatic carbocycles. The van der Waals surface area contributed by atoms with Crippen molar-refractivity contribution in [2.24, 2.45) is 0 Å². The highest BCUT2D eigenvalue weighted by Gasteiger charge is 2.15. The summed E-state index contributed by atoms with van der Waals surface area (Å²) in [6.45, 7) is 7.56. The summed E-state index contributed by atoms with van der Waals surface area (Å²) in [5.41, 5.74) is 2.70. The van der Waals surface area contributed by atoms with Crippen LogP contribution < -0.4 is 0 Å². The smallest absolute Gasteiger partial charge is 0.355 e. The zero-order chi connectivity index (χ0) is 13.8. The third-order valence-corrected chi connectivity index (χ3v) is 2.97. The molecule has 0 saturated heterocycles. The predicted molar refractivity (Wildman–Crippen MR) is 72.1 cm³/mol. The average molecular weight is 261 g/mol. The van der Waals surface area contributed by atoms with Gasteiger partial charge < -0.3 is 9.30 Å². The van der Waals surface area contributed by atoms with E-state index in [1.165, 1.54) is 0 Å². The molecule has 0 radical (unpaired) electrons. The van der Waals surface area contributed by atoms with Gasteiger partial charge in [-0.2, -0.15) is 5.10 Å². The maximum absolute atomic E-state index is 11.9. The molecule has 5 heteroatoms. The van der Waals surface area contributed by atoms with Crippen molar-refractivity contribution >= 4 is 5.97 Å². The molecule has 0 aliphatic heterocycles. The first-order valence-electron chi connectivity index (χ1n) is 6.43. The zero-order valence-corrected chi connectivity index (χ0v) is 11.6. The molecule has 0 N–H and O–H groups in total. The van der Waals surface area contributed by atoms with Crippen LogP contribution in [0.4, 0.5) is 0 Å². The number of hydrogen-bond donors (Lipinski definition) is 0. The van der Waals surface area contributed by atoms with Crippen molar-refractivity contribution in [3.63, 3.8) is 0 Å². The first-order valence-corrected chi connectivity index (χ1v) is 6.43. The van der Waals surface area contributed by atoms with Gasteiger partial charge in [0.15, 0.2) is 0 Å². The summed E-state index contributed by atoms with van der Waals surface area (Å²) in [6.07, 6.45) is 5.73. The molecule has 0 amide bonds. The molecule has 0 unspecified atom stereocenters. The second-order valence-corrected chi connectivity index (χ2v) is 4.54. The van der Waals surface area contributed by atoms with Crippen molar-refractivity contribution in [3.05, 3.63) is 41.5 Å². The first-order chi connectivity index (χ1) is 9.11. The van der Waals surface area contributed by atoms with Gasteiger partial charge in [-0.15, -0.1) is 0 Å². The van der Waals surface area contributed by atoms with E-state index in [1.807, 2.05) is 54.7 Å². The van der Waals surface area contributed by atoms with Crippen LogP contribution in [0, 0.1) is 13.8 Å². The molecule has 0 aliphatic carbocycles. The minimum absolute atomic E-state index is 0.262. The molecule has 2 heterocycles. The Morgan fingerprint density at radius 1 is 1.37 bits per heavy atom. The summed E-state index contributed by atoms with van der Waals surface area (Å²) in [5.74, 6) is -0.262. The predicted octanol–water partition coefficient (Wildman–Crippen LogP) is 2.18. The Bertz CT molecular complexity index is 569. The Kier molecular flexibility index (Phi) is 4.04. The number of carbonyl (C=O) groups is 1. The molecule has 19 heavy (non-hydrogen) atoms. The largest absolute Gasteiger partial charge is 0.461 e. The number of hydrogen-bond acceptors (Lipinski definition) is 3. The SMILES string of the molecule is CCOC(=O)c1c(C)ccn1CCn1cc(C)cn1. The lowest BCUT2D eigenvalue weighted by Gasteiger charge is -2.09. The molecule has 0 bridgehead atoms. The Hall–Kier alpha value is -2.04. The number of rotatable bonds is 5. The van der Waals surface area contributed by atoms with Crippen LogP contribution in [-0.4, -0.2) is 26.9 Å². The van der Waals surface area contributed by atoms with E-state index < -0.39 is 0 Å². The van der Waals surface area contributed by atoms with Crippen LogP contribution in [0.25, 0.3) is 0 Å². The van der Waals surface area contributed by atoms with Gasteiger partial charge in [0.25, 0.3) is 0 Å². The molecule has 0 aliphatic rings. The highest BCUT2D eigenvalue weighted by Crippen LogP contribution is 2.12. The third-order valence-electron chi connectivity index (χ3n) is 2.97. The van der Waals surface area contributed by atoms with Gasteiger partial charge in [-0.25, -0.2) is 4.79 Å². The van der Waals surface area contributed by atoms with Gasteiger partial charge in [0.2, 0.25) is 0 Å². The van der Waals surface area contributed by atoms with Crippen LogP contribution in [0.5, 0.6) is 0 Å². The van der Waals surface area contributed by atoms with Gasteiger partial charge in [-0.1, -0.05) is 0 Å². The second-order valence-electron chi connectivity index (χ2n) is 4.54. The van der Waals surface area contributed by atoms with Crippen molar-refractivity contribution in [1.29, 1.82) is 0 Å². The quantitative estimate of drug-likeness (QED) is 0.775. The van der Waals surface area contributed by atoms with Crippen molar-refractivity contribution < 1.29 is 9.53 Å². The van der Waals surface area contributed by atoms with Crippen molar-refractivity contribution in [2.45, 2.75) is 33.9 Å². The Balaban J connectivity index is 2.10. The number of nitrogens with zero attached hydrogens (tertiary/aromatic N) is 3. The van der Waals surface area contributed by atoms with Gasteiger partial charge in [-0.3, -0.25) is 4.68 Å². The van der Waals surface area contributed by atoms with Gasteiger partial charge >= 0.3 is 5.97 Å². The van der Waals surface area contributed by atoms with Crippen LogP contribution >= 0.6 is 0 Å². The fraction of sp³-hybridized carbons (Fsp3) is 0.429. The maximum atomic E-state index is 11.9. The van der Waals surface area contributed by atoms with Crippen LogP contribution in [0.1, 0.15) is 28.5 Å². The lowest BCUT2D eigenvalue weighted by Crippen LogP contribution is -2.15. The topological polar surface area (TPSA) is 49.0 Å². The average Bonchev–Trinajstić information content (AvgIpc) is 2.93. The number of ether oxygens (including phenoxy) is 1. The van der Waals surface area contributed by atoms with E-state index >= 15 is 0 Å². The number of carbonyl (C=O) groups excluding carboxylic acids is 1. The van der Waals surface area contributed by atoms with E-state index in [9.17, 15) is 4.79 Å². The summed E-state index contributed by atoms with van der Waals surface area (Å²) < 4.78 is 8.88. The summed E-state index contributed by atoms with van der Waals surface area (Å²) in [7, 11) is 0. The number of esters is 1. The Morgan fingerprint density at radius 2 is 2.16 bits per heavy atom. The van der Waals surface area contributed by atoms with Crippen molar-refractivity contribution in [2.75, 3.05) is 6.61 Å². The van der Waals surface area contributed by atoms with Crippen molar-refractivity contribution in [1.82, 2.24) is 14.3 Å². The normalized spacial score (nSPS) is 10.7. The second kappa shape index (κ2) is 5.73. The molecular formula is C14H19N3O2. The monoisotopic (exact) mass is 261 g/mol. The minimum atomic E-state index is -0.262. The number of aryl methyl sites for hydroxylation is 4. The molecule has 0 spiro atoms. The van der Waals surface area contributed by atoms with E-state index in [0.717, 1.165) is 17.7 Å². The molecule has 0 atom stereocenters. The molecule has 2 aromatic rings. The molecule has 0 saturated carbocycles. The summed E-state index contributed by atoms with van der Waals surface area (Å²) in [4.78, 5) is 11.9. The molecule has 5 nitrogen and oxygen atoms in total. The van der Waals surface area contributed by atoms with Crippen LogP contribution in [0.2, 0.25) is 0 Å². The zero-order valence-electron chi connectivity index (χ0n) is 11.6. The lowest BCUT2D eigenvalue weighted by molar-refractivity contribution is 0.0512. The number of aromatic nitrogens is 3. The van der Waals surface area contributed by atoms with E-state index in [-0.39, 0.29) is 5.97 Å². The fourth-order valence-corrected chi connectivity index (χ4v) is 2.05. The molecule has 2 aromatic heterocycles. The highest BCUT2D eigenvalue weighted by molar-refractivity contribution is 5.89. The minimum Gasteiger partial charge on any atom is -0.461 e. The van der Waals surface area contributed by atoms with Crippen LogP contribution in [0.15, 0.2) is 24.7 Å². The van der Waals surface area contributed by atoms with E-state index in [0.29, 0.717) is 18.8 Å². The fourth-order valence-electron chi connectivity index (χ4n) is 2.05. The molecular weight excluding hydrogens is 242 g/mol. The molecule has 102 valence electrons. The Labute approximate surface area is 112 Å². The standard InChI is InChI=1S/C14H19N3O2/c1-4-19-14(18)13-12(3)5-6-16(13)7-8-17-10-11(2)9-15-17/h5-6,9-10H,4,7-8H2,1-3H3. The third kappa shape index (κ3) is 3.05. The van der Waals surface area contributed by atoms with Crippen LogP contribution in [-0.2, 0) is 17.8 Å². The molecule has 0 fully saturated rings. The summed E-state index contributed by atoms with van der Waals surface area (Å²) in [6, 6.07) is 1.93. The first kappa shape index (κ1) is 13.4. The van der Waals surface area contributed by atoms with Gasteiger partial charge in [0, 0.05) is 18.9 Å². The maximum Gasteiger partial charge on any atom is 0.355 e. The summed E-state index contributed by atoms with van der Waals surface area (Å²) >= 11 is 0. The van der Waals surface area contributed by atoms with Gasteiger partial charge in [-0.05, 0) is 38.0 Å². The van der Waals surface area contributed by atoms with Crippen LogP contribution in [0.3, 0.4) is 0 Å². The van der Waals surface area contributed by atoms with E-state index in [1.54, 1.807) is 0 Å². The molecule has 2 rings (SSSR count).